The lowest BCUT2D eigenvalue weighted by molar-refractivity contribution is 1.18. The lowest BCUT2D eigenvalue weighted by atomic mass is 9.92. The van der Waals surface area contributed by atoms with Gasteiger partial charge in [0.15, 0.2) is 0 Å². The minimum atomic E-state index is 1.18. The van der Waals surface area contributed by atoms with Gasteiger partial charge in [-0.25, -0.2) is 0 Å². The zero-order valence-corrected chi connectivity index (χ0v) is 20.4. The van der Waals surface area contributed by atoms with Crippen LogP contribution in [0.5, 0.6) is 0 Å². The maximum Gasteiger partial charge on any atom is 0.0541 e. The molecule has 0 unspecified atom stereocenters. The van der Waals surface area contributed by atoms with Crippen LogP contribution < -0.4 is 0 Å². The van der Waals surface area contributed by atoms with E-state index in [1.807, 2.05) is 6.08 Å². The second-order valence-electron chi connectivity index (χ2n) is 9.13. The van der Waals surface area contributed by atoms with Crippen LogP contribution in [0, 0.1) is 6.92 Å². The summed E-state index contributed by atoms with van der Waals surface area (Å²) in [5.41, 5.74) is 10.9. The normalized spacial score (nSPS) is 11.8. The number of nitrogens with zero attached hydrogens (tertiary/aromatic N) is 1. The molecule has 6 rings (SSSR count). The molecule has 5 aromatic carbocycles. The summed E-state index contributed by atoms with van der Waals surface area (Å²) in [6.07, 6.45) is 3.97. The fraction of sp³-hybridized carbons (Fsp3) is 0.0286. The maximum atomic E-state index is 3.95. The highest BCUT2D eigenvalue weighted by Gasteiger charge is 2.13. The molecule has 0 amide bonds. The molecular weight excluding hydrogens is 434 g/mol. The second-order valence-corrected chi connectivity index (χ2v) is 9.13. The Morgan fingerprint density at radius 3 is 2.08 bits per heavy atom. The van der Waals surface area contributed by atoms with E-state index in [1.165, 1.54) is 60.9 Å². The van der Waals surface area contributed by atoms with Gasteiger partial charge in [-0.05, 0) is 70.6 Å². The molecule has 0 spiro atoms. The molecule has 1 aromatic heterocycles. The molecule has 36 heavy (non-hydrogen) atoms. The van der Waals surface area contributed by atoms with Crippen molar-refractivity contribution in [1.82, 2.24) is 4.57 Å². The smallest absolute Gasteiger partial charge is 0.0541 e. The first kappa shape index (κ1) is 21.9. The van der Waals surface area contributed by atoms with Crippen LogP contribution in [0.4, 0.5) is 0 Å². The third kappa shape index (κ3) is 3.76. The molecule has 172 valence electrons. The molecule has 0 atom stereocenters. The van der Waals surface area contributed by atoms with Crippen molar-refractivity contribution in [2.75, 3.05) is 0 Å². The van der Waals surface area contributed by atoms with Crippen molar-refractivity contribution in [3.8, 4) is 16.8 Å². The molecule has 0 N–H and O–H groups in total. The highest BCUT2D eigenvalue weighted by Crippen LogP contribution is 2.35. The van der Waals surface area contributed by atoms with Crippen molar-refractivity contribution in [2.45, 2.75) is 6.92 Å². The topological polar surface area (TPSA) is 4.93 Å². The van der Waals surface area contributed by atoms with Gasteiger partial charge in [0.1, 0.15) is 0 Å². The first-order chi connectivity index (χ1) is 17.7. The van der Waals surface area contributed by atoms with E-state index in [4.69, 9.17) is 0 Å². The van der Waals surface area contributed by atoms with Gasteiger partial charge in [0, 0.05) is 16.5 Å². The minimum absolute atomic E-state index is 1.18. The quantitative estimate of drug-likeness (QED) is 0.225. The van der Waals surface area contributed by atoms with Gasteiger partial charge in [-0.3, -0.25) is 0 Å². The molecule has 6 aromatic rings. The Labute approximate surface area is 212 Å². The molecule has 1 heteroatoms. The number of fused-ring (bicyclic) bond motifs is 3. The molecule has 0 bridgehead atoms. The fourth-order valence-electron chi connectivity index (χ4n) is 5.18. The molecule has 0 radical (unpaired) electrons. The summed E-state index contributed by atoms with van der Waals surface area (Å²) in [6.45, 7) is 6.10. The molecule has 1 nitrogen and oxygen atoms in total. The first-order valence-corrected chi connectivity index (χ1v) is 12.3. The van der Waals surface area contributed by atoms with Crippen LogP contribution in [0.25, 0.3) is 44.2 Å². The van der Waals surface area contributed by atoms with Crippen LogP contribution >= 0.6 is 0 Å². The highest BCUT2D eigenvalue weighted by atomic mass is 15.0. The number of para-hydroxylation sites is 2. The van der Waals surface area contributed by atoms with Crippen LogP contribution in [-0.4, -0.2) is 4.57 Å². The third-order valence-corrected chi connectivity index (χ3v) is 6.94. The second kappa shape index (κ2) is 9.20. The average Bonchev–Trinajstić information content (AvgIpc) is 3.27. The summed E-state index contributed by atoms with van der Waals surface area (Å²) in [4.78, 5) is 0. The summed E-state index contributed by atoms with van der Waals surface area (Å²) in [5, 5.41) is 2.54. The van der Waals surface area contributed by atoms with Gasteiger partial charge in [0.05, 0.1) is 11.0 Å². The van der Waals surface area contributed by atoms with Gasteiger partial charge < -0.3 is 4.57 Å². The van der Waals surface area contributed by atoms with Crippen molar-refractivity contribution < 1.29 is 0 Å². The van der Waals surface area contributed by atoms with Crippen molar-refractivity contribution in [3.05, 3.63) is 157 Å². The van der Waals surface area contributed by atoms with E-state index in [0.717, 1.165) is 0 Å². The average molecular weight is 462 g/mol. The lowest BCUT2D eigenvalue weighted by Crippen LogP contribution is -1.93. The van der Waals surface area contributed by atoms with Gasteiger partial charge in [0.25, 0.3) is 0 Å². The number of allylic oxidation sites excluding steroid dienone is 2. The summed E-state index contributed by atoms with van der Waals surface area (Å²) in [7, 11) is 0. The Hall–Kier alpha value is -4.62. The predicted molar refractivity (Wildman–Crippen MR) is 155 cm³/mol. The Kier molecular flexibility index (Phi) is 5.59. The molecule has 0 aliphatic carbocycles. The van der Waals surface area contributed by atoms with Crippen molar-refractivity contribution in [1.29, 1.82) is 0 Å². The van der Waals surface area contributed by atoms with Crippen LogP contribution in [0.3, 0.4) is 0 Å². The van der Waals surface area contributed by atoms with E-state index in [1.54, 1.807) is 0 Å². The molecule has 0 fully saturated rings. The van der Waals surface area contributed by atoms with Crippen LogP contribution in [0.2, 0.25) is 0 Å². The molecule has 0 aliphatic rings. The van der Waals surface area contributed by atoms with Gasteiger partial charge >= 0.3 is 0 Å². The van der Waals surface area contributed by atoms with Crippen LogP contribution in [0.15, 0.2) is 140 Å². The van der Waals surface area contributed by atoms with Gasteiger partial charge in [0.2, 0.25) is 0 Å². The standard InChI is InChI=1S/C35H27N/c1-3-11-31(30-15-8-7-12-25(30)2)27-20-18-26(19-21-27)28-22-23-35-33(24-28)32-16-9-10-17-34(32)36(35)29-13-5-4-6-14-29/h3-24H,1H2,2H3/b31-11-. The Balaban J connectivity index is 1.45. The van der Waals surface area contributed by atoms with Crippen molar-refractivity contribution >= 4 is 27.4 Å². The number of benzene rings is 5. The lowest BCUT2D eigenvalue weighted by Gasteiger charge is -2.12. The summed E-state index contributed by atoms with van der Waals surface area (Å²) in [5.74, 6) is 0. The number of aromatic nitrogens is 1. The largest absolute Gasteiger partial charge is 0.309 e. The zero-order valence-electron chi connectivity index (χ0n) is 20.4. The minimum Gasteiger partial charge on any atom is -0.309 e. The Bertz CT molecular complexity index is 1730. The van der Waals surface area contributed by atoms with Crippen LogP contribution in [0.1, 0.15) is 16.7 Å². The monoisotopic (exact) mass is 461 g/mol. The van der Waals surface area contributed by atoms with E-state index in [-0.39, 0.29) is 0 Å². The van der Waals surface area contributed by atoms with Crippen molar-refractivity contribution in [2.24, 2.45) is 0 Å². The summed E-state index contributed by atoms with van der Waals surface area (Å²) < 4.78 is 2.35. The molecule has 0 saturated carbocycles. The fourth-order valence-corrected chi connectivity index (χ4v) is 5.18. The number of hydrogen-bond donors (Lipinski definition) is 0. The van der Waals surface area contributed by atoms with Crippen molar-refractivity contribution in [3.63, 3.8) is 0 Å². The van der Waals surface area contributed by atoms with E-state index in [9.17, 15) is 0 Å². The van der Waals surface area contributed by atoms with E-state index < -0.39 is 0 Å². The summed E-state index contributed by atoms with van der Waals surface area (Å²) in [6, 6.07) is 43.5. The molecule has 0 aliphatic heterocycles. The zero-order chi connectivity index (χ0) is 24.5. The van der Waals surface area contributed by atoms with Gasteiger partial charge in [-0.2, -0.15) is 0 Å². The van der Waals surface area contributed by atoms with Crippen LogP contribution in [-0.2, 0) is 0 Å². The summed E-state index contributed by atoms with van der Waals surface area (Å²) >= 11 is 0. The molecule has 1 heterocycles. The first-order valence-electron chi connectivity index (χ1n) is 12.3. The van der Waals surface area contributed by atoms with E-state index in [0.29, 0.717) is 0 Å². The maximum absolute atomic E-state index is 3.95. The van der Waals surface area contributed by atoms with Gasteiger partial charge in [-0.15, -0.1) is 0 Å². The number of hydrogen-bond acceptors (Lipinski definition) is 0. The highest BCUT2D eigenvalue weighted by molar-refractivity contribution is 6.10. The van der Waals surface area contributed by atoms with Gasteiger partial charge in [-0.1, -0.05) is 110 Å². The van der Waals surface area contributed by atoms with E-state index in [2.05, 4.69) is 145 Å². The SMILES string of the molecule is C=C/C=C(/c1ccc(-c2ccc3c(c2)c2ccccc2n3-c2ccccc2)cc1)c1ccccc1C. The number of aryl methyl sites for hydroxylation is 1. The number of rotatable bonds is 5. The Morgan fingerprint density at radius 1 is 0.639 bits per heavy atom. The molecule has 0 saturated heterocycles. The van der Waals surface area contributed by atoms with E-state index >= 15 is 0 Å². The Morgan fingerprint density at radius 2 is 1.31 bits per heavy atom. The predicted octanol–water partition coefficient (Wildman–Crippen LogP) is 9.38. The third-order valence-electron chi connectivity index (χ3n) is 6.94. The molecular formula is C35H27N.